The van der Waals surface area contributed by atoms with E-state index in [0.717, 1.165) is 6.42 Å². The Morgan fingerprint density at radius 3 is 2.28 bits per heavy atom. The number of piperidine rings is 2. The minimum atomic E-state index is -2.33. The van der Waals surface area contributed by atoms with Gasteiger partial charge in [-0.15, -0.1) is 0 Å². The van der Waals surface area contributed by atoms with E-state index < -0.39 is 118 Å². The number of ether oxygens (including phenoxy) is 4. The van der Waals surface area contributed by atoms with Crippen molar-refractivity contribution >= 4 is 17.9 Å². The van der Waals surface area contributed by atoms with Crippen LogP contribution in [0.15, 0.2) is 0 Å². The van der Waals surface area contributed by atoms with Gasteiger partial charge in [0, 0.05) is 37.4 Å². The van der Waals surface area contributed by atoms with Gasteiger partial charge in [-0.25, -0.2) is 4.79 Å². The number of aliphatic hydroxyl groups excluding tert-OH is 2. The summed E-state index contributed by atoms with van der Waals surface area (Å²) in [6.07, 6.45) is -5.24. The molecule has 3 saturated heterocycles. The number of nitrogens with zero attached hydrogens (tertiary/aromatic N) is 1. The molecule has 19 atom stereocenters. The molecule has 7 rings (SSSR count). The largest absolute Gasteiger partial charge is 0.459 e. The lowest BCUT2D eigenvalue weighted by Crippen LogP contribution is -2.78. The topological polar surface area (TPSA) is 213 Å². The van der Waals surface area contributed by atoms with Crippen molar-refractivity contribution in [3.8, 4) is 0 Å². The van der Waals surface area contributed by atoms with E-state index >= 15 is 0 Å². The van der Waals surface area contributed by atoms with Gasteiger partial charge in [-0.3, -0.25) is 14.5 Å². The molecule has 3 aliphatic heterocycles. The van der Waals surface area contributed by atoms with Gasteiger partial charge in [0.15, 0.2) is 17.8 Å². The maximum atomic E-state index is 13.7. The molecule has 14 nitrogen and oxygen atoms in total. The third-order valence-electron chi connectivity index (χ3n) is 15.7. The van der Waals surface area contributed by atoms with Crippen LogP contribution in [0.25, 0.3) is 0 Å². The van der Waals surface area contributed by atoms with Gasteiger partial charge in [-0.2, -0.15) is 0 Å². The molecule has 53 heavy (non-hydrogen) atoms. The van der Waals surface area contributed by atoms with Gasteiger partial charge in [-0.05, 0) is 76.5 Å². The number of carbonyl (C=O) groups excluding carboxylic acids is 3. The highest BCUT2D eigenvalue weighted by Gasteiger charge is 2.89. The number of aliphatic hydroxyl groups is 6. The summed E-state index contributed by atoms with van der Waals surface area (Å²) >= 11 is 0. The van der Waals surface area contributed by atoms with Crippen molar-refractivity contribution in [2.24, 2.45) is 46.8 Å². The molecular weight excluding hydrogens is 690 g/mol. The molecule has 7 aliphatic rings. The fraction of sp³-hybridized carbons (Fsp3) is 0.923. The Balaban J connectivity index is 1.40. The van der Waals surface area contributed by atoms with Gasteiger partial charge in [-0.1, -0.05) is 34.6 Å². The maximum Gasteiger partial charge on any atom is 0.338 e. The Bertz CT molecular complexity index is 1500. The van der Waals surface area contributed by atoms with Crippen LogP contribution in [-0.2, 0) is 33.3 Å². The number of hydrogen-bond donors (Lipinski definition) is 6. The molecule has 4 bridgehead atoms. The third kappa shape index (κ3) is 5.14. The predicted molar refractivity (Wildman–Crippen MR) is 185 cm³/mol. The van der Waals surface area contributed by atoms with Crippen molar-refractivity contribution in [3.63, 3.8) is 0 Å². The second-order valence-corrected chi connectivity index (χ2v) is 18.7. The van der Waals surface area contributed by atoms with Crippen LogP contribution in [0.5, 0.6) is 0 Å². The Hall–Kier alpha value is -1.91. The van der Waals surface area contributed by atoms with Crippen LogP contribution in [-0.4, -0.2) is 131 Å². The molecule has 0 radical (unpaired) electrons. The normalized spacial score (nSPS) is 52.9. The van der Waals surface area contributed by atoms with Crippen molar-refractivity contribution in [2.45, 2.75) is 165 Å². The van der Waals surface area contributed by atoms with Gasteiger partial charge in [0.2, 0.25) is 5.79 Å². The minimum Gasteiger partial charge on any atom is -0.459 e. The molecule has 0 aromatic heterocycles. The van der Waals surface area contributed by atoms with Gasteiger partial charge >= 0.3 is 17.9 Å². The molecule has 0 amide bonds. The summed E-state index contributed by atoms with van der Waals surface area (Å²) in [6.45, 7) is 14.4. The standard InChI is InChI=1S/C39H61NO13/c1-9-19(4)32(44)52-31-26(42)25-21(17-40-16-18(3)11-12-23(40)36(25,8)47)22-15-37-29(38(22,31)48)27(43)28(50-20(5)41)30-34(37,6)14-13-24(39(30,49)53-37)51-33(45)35(7,46)10-2/h18-19,21-31,42-43,46-49H,9-17H2,1-8H3/t18-,19+,21-,22-,23-,24-,25+,26+,27+,28-,29+,30-,31-,34-,35-,36?,37+,38-,39+/m0/s1. The Morgan fingerprint density at radius 2 is 1.66 bits per heavy atom. The first-order valence-electron chi connectivity index (χ1n) is 19.8. The van der Waals surface area contributed by atoms with Crippen LogP contribution in [0.4, 0.5) is 0 Å². The molecule has 7 fully saturated rings. The predicted octanol–water partition coefficient (Wildman–Crippen LogP) is 1.04. The SMILES string of the molecule is CC[C@@H](C)C(=O)O[C@H]1[C@H](O)[C@H]2[C@@H](CN3C[C@@H](C)CC[C@H]3C2(C)O)[C@@H]2C[C@]34O[C@]5(O)[C@@H](OC(=O)[C@@](C)(O)CC)CC[C@@]3(C)[C@@H]5[C@@H](OC(C)=O)[C@@H](O)[C@H]4[C@@]21O. The average Bonchev–Trinajstić information content (AvgIpc) is 3.38. The first kappa shape index (κ1) is 39.3. The van der Waals surface area contributed by atoms with E-state index in [1.54, 1.807) is 20.8 Å². The molecular formula is C39H61NO13. The summed E-state index contributed by atoms with van der Waals surface area (Å²) in [6, 6.07) is -0.284. The number of rotatable bonds is 7. The summed E-state index contributed by atoms with van der Waals surface area (Å²) in [4.78, 5) is 41.9. The average molecular weight is 752 g/mol. The summed E-state index contributed by atoms with van der Waals surface area (Å²) in [5.41, 5.74) is -8.19. The molecule has 300 valence electrons. The summed E-state index contributed by atoms with van der Waals surface area (Å²) in [5, 5.41) is 74.7. The molecule has 1 unspecified atom stereocenters. The maximum absolute atomic E-state index is 13.7. The minimum absolute atomic E-state index is 0.0378. The van der Waals surface area contributed by atoms with Crippen LogP contribution >= 0.6 is 0 Å². The van der Waals surface area contributed by atoms with Crippen LogP contribution < -0.4 is 0 Å². The second kappa shape index (κ2) is 12.5. The fourth-order valence-corrected chi connectivity index (χ4v) is 12.8. The van der Waals surface area contributed by atoms with E-state index in [-0.39, 0.29) is 31.7 Å². The highest BCUT2D eigenvalue weighted by molar-refractivity contribution is 5.79. The third-order valence-corrected chi connectivity index (χ3v) is 15.7. The van der Waals surface area contributed by atoms with E-state index in [0.29, 0.717) is 31.8 Å². The van der Waals surface area contributed by atoms with Gasteiger partial charge in [0.25, 0.3) is 0 Å². The Labute approximate surface area is 311 Å². The van der Waals surface area contributed by atoms with E-state index in [1.165, 1.54) is 13.8 Å². The first-order valence-corrected chi connectivity index (χ1v) is 19.8. The van der Waals surface area contributed by atoms with Crippen LogP contribution in [0.3, 0.4) is 0 Å². The zero-order valence-corrected chi connectivity index (χ0v) is 32.4. The van der Waals surface area contributed by atoms with Crippen molar-refractivity contribution in [1.29, 1.82) is 0 Å². The molecule has 0 aromatic carbocycles. The summed E-state index contributed by atoms with van der Waals surface area (Å²) in [5.74, 6) is -9.73. The molecule has 4 saturated carbocycles. The summed E-state index contributed by atoms with van der Waals surface area (Å²) < 4.78 is 24.8. The number of esters is 3. The fourth-order valence-electron chi connectivity index (χ4n) is 12.8. The first-order chi connectivity index (χ1) is 24.6. The van der Waals surface area contributed by atoms with Crippen LogP contribution in [0, 0.1) is 46.8 Å². The number of carbonyl (C=O) groups is 3. The van der Waals surface area contributed by atoms with Gasteiger partial charge in [0.1, 0.15) is 11.7 Å². The lowest BCUT2D eigenvalue weighted by atomic mass is 9.48. The van der Waals surface area contributed by atoms with Gasteiger partial charge in [0.05, 0.1) is 41.2 Å². The zero-order valence-electron chi connectivity index (χ0n) is 32.4. The van der Waals surface area contributed by atoms with Crippen molar-refractivity contribution < 1.29 is 64.0 Å². The quantitative estimate of drug-likeness (QED) is 0.159. The Kier molecular flexibility index (Phi) is 9.31. The summed E-state index contributed by atoms with van der Waals surface area (Å²) in [7, 11) is 0. The lowest BCUT2D eigenvalue weighted by molar-refractivity contribution is -0.301. The van der Waals surface area contributed by atoms with Crippen LogP contribution in [0.1, 0.15) is 100 Å². The molecule has 0 aromatic rings. The van der Waals surface area contributed by atoms with E-state index in [4.69, 9.17) is 18.9 Å². The van der Waals surface area contributed by atoms with Crippen molar-refractivity contribution in [2.75, 3.05) is 13.1 Å². The number of hydrogen-bond acceptors (Lipinski definition) is 14. The van der Waals surface area contributed by atoms with E-state index in [9.17, 15) is 45.0 Å². The number of fused-ring (bicyclic) bond motifs is 5. The van der Waals surface area contributed by atoms with Crippen molar-refractivity contribution in [1.82, 2.24) is 4.90 Å². The molecule has 1 spiro atoms. The molecule has 6 N–H and O–H groups in total. The van der Waals surface area contributed by atoms with E-state index in [1.807, 2.05) is 13.8 Å². The second-order valence-electron chi connectivity index (χ2n) is 18.7. The van der Waals surface area contributed by atoms with E-state index in [2.05, 4.69) is 11.8 Å². The Morgan fingerprint density at radius 1 is 0.981 bits per heavy atom. The van der Waals surface area contributed by atoms with Gasteiger partial charge < -0.3 is 49.6 Å². The highest BCUT2D eigenvalue weighted by Crippen LogP contribution is 2.77. The van der Waals surface area contributed by atoms with Crippen LogP contribution in [0.2, 0.25) is 0 Å². The zero-order chi connectivity index (χ0) is 39.0. The smallest absolute Gasteiger partial charge is 0.338 e. The molecule has 14 heteroatoms. The molecule has 3 heterocycles. The highest BCUT2D eigenvalue weighted by atomic mass is 16.7. The molecule has 4 aliphatic carbocycles. The van der Waals surface area contributed by atoms with Crippen molar-refractivity contribution in [3.05, 3.63) is 0 Å². The monoisotopic (exact) mass is 751 g/mol. The lowest BCUT2D eigenvalue weighted by Gasteiger charge is -2.64.